The third-order valence-electron chi connectivity index (χ3n) is 2.44. The Hall–Kier alpha value is -1.49. The molecule has 5 heteroatoms. The highest BCUT2D eigenvalue weighted by atomic mass is 79.9. The number of aromatic nitrogens is 3. The Morgan fingerprint density at radius 2 is 2.18 bits per heavy atom. The molecular weight excluding hydrogens is 282 g/mol. The molecule has 0 unspecified atom stereocenters. The number of hydrogen-bond donors (Lipinski definition) is 0. The van der Waals surface area contributed by atoms with E-state index in [4.69, 9.17) is 0 Å². The van der Waals surface area contributed by atoms with Crippen molar-refractivity contribution < 1.29 is 4.79 Å². The van der Waals surface area contributed by atoms with Crippen molar-refractivity contribution in [3.05, 3.63) is 40.1 Å². The summed E-state index contributed by atoms with van der Waals surface area (Å²) in [5.74, 6) is 0.184. The van der Waals surface area contributed by atoms with Crippen molar-refractivity contribution in [1.29, 1.82) is 0 Å². The molecule has 0 aliphatic rings. The van der Waals surface area contributed by atoms with E-state index in [0.717, 1.165) is 22.1 Å². The van der Waals surface area contributed by atoms with Gasteiger partial charge >= 0.3 is 0 Å². The van der Waals surface area contributed by atoms with Gasteiger partial charge in [-0.3, -0.25) is 4.79 Å². The molecule has 1 heterocycles. The first kappa shape index (κ1) is 12.0. The van der Waals surface area contributed by atoms with E-state index < -0.39 is 0 Å². The molecule has 1 aromatic carbocycles. The molecule has 0 fully saturated rings. The lowest BCUT2D eigenvalue weighted by atomic mass is 10.1. The largest absolute Gasteiger partial charge is 0.296 e. The highest BCUT2D eigenvalue weighted by Crippen LogP contribution is 2.22. The van der Waals surface area contributed by atoms with E-state index >= 15 is 0 Å². The van der Waals surface area contributed by atoms with Gasteiger partial charge in [-0.15, -0.1) is 5.10 Å². The molecule has 17 heavy (non-hydrogen) atoms. The Bertz CT molecular complexity index is 548. The topological polar surface area (TPSA) is 47.8 Å². The maximum Gasteiger partial charge on any atom is 0.172 e. The molecule has 1 aromatic heterocycles. The zero-order valence-electron chi connectivity index (χ0n) is 9.59. The van der Waals surface area contributed by atoms with Crippen LogP contribution in [0.4, 0.5) is 0 Å². The standard InChI is InChI=1S/C12H12BrN3O/c1-8(2)12-11(7-17)14-15-16(12)10-5-3-4-9(13)6-10/h3-8H,1-2H3. The summed E-state index contributed by atoms with van der Waals surface area (Å²) in [5.41, 5.74) is 2.13. The van der Waals surface area contributed by atoms with Crippen LogP contribution < -0.4 is 0 Å². The molecule has 0 radical (unpaired) electrons. The van der Waals surface area contributed by atoms with Gasteiger partial charge in [-0.1, -0.05) is 41.1 Å². The van der Waals surface area contributed by atoms with E-state index in [1.165, 1.54) is 0 Å². The fraction of sp³-hybridized carbons (Fsp3) is 0.250. The molecule has 4 nitrogen and oxygen atoms in total. The van der Waals surface area contributed by atoms with Crippen LogP contribution in [-0.4, -0.2) is 21.3 Å². The van der Waals surface area contributed by atoms with E-state index in [2.05, 4.69) is 26.2 Å². The van der Waals surface area contributed by atoms with Crippen molar-refractivity contribution in [2.75, 3.05) is 0 Å². The van der Waals surface area contributed by atoms with E-state index in [9.17, 15) is 4.79 Å². The minimum absolute atomic E-state index is 0.184. The first-order chi connectivity index (χ1) is 8.13. The summed E-state index contributed by atoms with van der Waals surface area (Å²) in [6.07, 6.45) is 0.747. The maximum absolute atomic E-state index is 10.9. The van der Waals surface area contributed by atoms with Crippen LogP contribution in [0.2, 0.25) is 0 Å². The van der Waals surface area contributed by atoms with Crippen LogP contribution in [0, 0.1) is 0 Å². The predicted octanol–water partition coefficient (Wildman–Crippen LogP) is 2.97. The smallest absolute Gasteiger partial charge is 0.172 e. The second-order valence-corrected chi connectivity index (χ2v) is 4.94. The molecule has 0 atom stereocenters. The number of hydrogen-bond acceptors (Lipinski definition) is 3. The number of carbonyl (C=O) groups excluding carboxylic acids is 1. The average molecular weight is 294 g/mol. The normalized spacial score (nSPS) is 10.8. The third-order valence-corrected chi connectivity index (χ3v) is 2.94. The minimum Gasteiger partial charge on any atom is -0.296 e. The molecule has 0 aliphatic heterocycles. The number of carbonyl (C=O) groups is 1. The number of nitrogens with zero attached hydrogens (tertiary/aromatic N) is 3. The summed E-state index contributed by atoms with van der Waals surface area (Å²) in [7, 11) is 0. The summed E-state index contributed by atoms with van der Waals surface area (Å²) in [4.78, 5) is 10.9. The van der Waals surface area contributed by atoms with E-state index in [-0.39, 0.29) is 5.92 Å². The molecule has 0 N–H and O–H groups in total. The van der Waals surface area contributed by atoms with E-state index in [0.29, 0.717) is 5.69 Å². The van der Waals surface area contributed by atoms with Gasteiger partial charge in [0.1, 0.15) is 5.69 Å². The molecule has 0 aliphatic carbocycles. The van der Waals surface area contributed by atoms with Gasteiger partial charge in [0.15, 0.2) is 6.29 Å². The van der Waals surface area contributed by atoms with Crippen LogP contribution in [0.1, 0.15) is 35.9 Å². The molecule has 0 saturated carbocycles. The Morgan fingerprint density at radius 3 is 2.76 bits per heavy atom. The van der Waals surface area contributed by atoms with Gasteiger partial charge < -0.3 is 0 Å². The number of benzene rings is 1. The van der Waals surface area contributed by atoms with Crippen LogP contribution in [0.5, 0.6) is 0 Å². The summed E-state index contributed by atoms with van der Waals surface area (Å²) >= 11 is 3.41. The van der Waals surface area contributed by atoms with Gasteiger partial charge in [-0.2, -0.15) is 0 Å². The van der Waals surface area contributed by atoms with Crippen molar-refractivity contribution in [3.8, 4) is 5.69 Å². The van der Waals surface area contributed by atoms with Crippen LogP contribution >= 0.6 is 15.9 Å². The van der Waals surface area contributed by atoms with Crippen molar-refractivity contribution in [2.45, 2.75) is 19.8 Å². The SMILES string of the molecule is CC(C)c1c(C=O)nnn1-c1cccc(Br)c1. The lowest BCUT2D eigenvalue weighted by Crippen LogP contribution is -2.05. The quantitative estimate of drug-likeness (QED) is 0.818. The highest BCUT2D eigenvalue weighted by Gasteiger charge is 2.16. The maximum atomic E-state index is 10.9. The monoisotopic (exact) mass is 293 g/mol. The Balaban J connectivity index is 2.59. The lowest BCUT2D eigenvalue weighted by molar-refractivity contribution is 0.111. The van der Waals surface area contributed by atoms with Gasteiger partial charge in [0.05, 0.1) is 11.4 Å². The van der Waals surface area contributed by atoms with Gasteiger partial charge in [-0.25, -0.2) is 4.68 Å². The van der Waals surface area contributed by atoms with Crippen LogP contribution in [0.15, 0.2) is 28.7 Å². The zero-order valence-corrected chi connectivity index (χ0v) is 11.2. The van der Waals surface area contributed by atoms with E-state index in [1.54, 1.807) is 4.68 Å². The first-order valence-electron chi connectivity index (χ1n) is 5.30. The second-order valence-electron chi connectivity index (χ2n) is 4.02. The fourth-order valence-electron chi connectivity index (χ4n) is 1.72. The Labute approximate surface area is 108 Å². The summed E-state index contributed by atoms with van der Waals surface area (Å²) < 4.78 is 2.67. The summed E-state index contributed by atoms with van der Waals surface area (Å²) in [6.45, 7) is 4.03. The molecule has 88 valence electrons. The van der Waals surface area contributed by atoms with Crippen molar-refractivity contribution in [2.24, 2.45) is 0 Å². The molecule has 0 bridgehead atoms. The van der Waals surface area contributed by atoms with Crippen molar-refractivity contribution in [1.82, 2.24) is 15.0 Å². The van der Waals surface area contributed by atoms with Crippen molar-refractivity contribution >= 4 is 22.2 Å². The van der Waals surface area contributed by atoms with Crippen LogP contribution in [0.25, 0.3) is 5.69 Å². The van der Waals surface area contributed by atoms with Gasteiger partial charge in [0, 0.05) is 4.47 Å². The van der Waals surface area contributed by atoms with Crippen molar-refractivity contribution in [3.63, 3.8) is 0 Å². The Kier molecular flexibility index (Phi) is 3.38. The van der Waals surface area contributed by atoms with E-state index in [1.807, 2.05) is 38.1 Å². The third kappa shape index (κ3) is 2.29. The second kappa shape index (κ2) is 4.79. The molecule has 0 amide bonds. The highest BCUT2D eigenvalue weighted by molar-refractivity contribution is 9.10. The Morgan fingerprint density at radius 1 is 1.41 bits per heavy atom. The fourth-order valence-corrected chi connectivity index (χ4v) is 2.11. The first-order valence-corrected chi connectivity index (χ1v) is 6.09. The molecule has 0 saturated heterocycles. The summed E-state index contributed by atoms with van der Waals surface area (Å²) in [6, 6.07) is 7.73. The van der Waals surface area contributed by atoms with Crippen LogP contribution in [-0.2, 0) is 0 Å². The molecule has 2 aromatic rings. The van der Waals surface area contributed by atoms with Gasteiger partial charge in [0.25, 0.3) is 0 Å². The number of halogens is 1. The zero-order chi connectivity index (χ0) is 12.4. The molecule has 0 spiro atoms. The van der Waals surface area contributed by atoms with Gasteiger partial charge in [0.2, 0.25) is 0 Å². The van der Waals surface area contributed by atoms with Crippen LogP contribution in [0.3, 0.4) is 0 Å². The predicted molar refractivity (Wildman–Crippen MR) is 68.5 cm³/mol. The number of rotatable bonds is 3. The molecule has 2 rings (SSSR count). The minimum atomic E-state index is 0.184. The summed E-state index contributed by atoms with van der Waals surface area (Å²) in [5, 5.41) is 7.93. The average Bonchev–Trinajstić information content (AvgIpc) is 2.72. The lowest BCUT2D eigenvalue weighted by Gasteiger charge is -2.09. The van der Waals surface area contributed by atoms with Gasteiger partial charge in [-0.05, 0) is 24.1 Å². The molecular formula is C12H12BrN3O. The number of aldehydes is 1.